The van der Waals surface area contributed by atoms with Crippen LogP contribution < -0.4 is 10.4 Å². The molecule has 0 aliphatic rings. The number of methoxy groups -OCH3 is 1. The monoisotopic (exact) mass is 313 g/mol. The van der Waals surface area contributed by atoms with Gasteiger partial charge >= 0.3 is 5.69 Å². The molecule has 1 aromatic heterocycles. The van der Waals surface area contributed by atoms with E-state index in [1.165, 1.54) is 12.1 Å². The van der Waals surface area contributed by atoms with E-state index in [4.69, 9.17) is 4.74 Å². The van der Waals surface area contributed by atoms with Crippen LogP contribution in [0.1, 0.15) is 17.0 Å². The average Bonchev–Trinajstić information content (AvgIpc) is 2.91. The molecule has 3 aromatic rings. The van der Waals surface area contributed by atoms with E-state index in [0.29, 0.717) is 18.8 Å². The lowest BCUT2D eigenvalue weighted by atomic mass is 10.1. The predicted octanol–water partition coefficient (Wildman–Crippen LogP) is 2.36. The summed E-state index contributed by atoms with van der Waals surface area (Å²) in [5.74, 6) is 1.11. The number of ether oxygens (including phenoxy) is 1. The minimum Gasteiger partial charge on any atom is -0.497 e. The molecule has 1 heterocycles. The first-order chi connectivity index (χ1) is 11.2. The number of hydrogen-bond donors (Lipinski definition) is 1. The molecule has 5 nitrogen and oxygen atoms in total. The van der Waals surface area contributed by atoms with Gasteiger partial charge in [-0.2, -0.15) is 5.10 Å². The molecule has 0 saturated heterocycles. The number of aromatic nitrogens is 3. The van der Waals surface area contributed by atoms with Crippen molar-refractivity contribution in [3.8, 4) is 5.75 Å². The normalized spacial score (nSPS) is 10.7. The number of hydrogen-bond acceptors (Lipinski definition) is 3. The van der Waals surface area contributed by atoms with Crippen molar-refractivity contribution in [2.24, 2.45) is 0 Å². The molecule has 0 unspecified atom stereocenters. The highest BCUT2D eigenvalue weighted by Gasteiger charge is 2.10. The molecule has 0 amide bonds. The molecule has 0 aliphatic heterocycles. The Labute approximate surface area is 132 Å². The zero-order valence-corrected chi connectivity index (χ0v) is 12.6. The van der Waals surface area contributed by atoms with Crippen LogP contribution >= 0.6 is 0 Å². The Balaban J connectivity index is 1.83. The summed E-state index contributed by atoms with van der Waals surface area (Å²) >= 11 is 0. The lowest BCUT2D eigenvalue weighted by Gasteiger charge is -2.07. The average molecular weight is 313 g/mol. The van der Waals surface area contributed by atoms with Gasteiger partial charge in [-0.3, -0.25) is 4.57 Å². The minimum absolute atomic E-state index is 0.280. The van der Waals surface area contributed by atoms with Crippen molar-refractivity contribution in [2.75, 3.05) is 7.11 Å². The minimum atomic E-state index is -0.299. The molecule has 0 spiro atoms. The lowest BCUT2D eigenvalue weighted by Crippen LogP contribution is -2.19. The smallest absolute Gasteiger partial charge is 0.343 e. The van der Waals surface area contributed by atoms with Crippen molar-refractivity contribution in [3.63, 3.8) is 0 Å². The number of aromatic amines is 1. The molecule has 0 fully saturated rings. The predicted molar refractivity (Wildman–Crippen MR) is 84.1 cm³/mol. The number of benzene rings is 2. The Bertz CT molecular complexity index is 836. The van der Waals surface area contributed by atoms with Crippen LogP contribution in [0.2, 0.25) is 0 Å². The van der Waals surface area contributed by atoms with Gasteiger partial charge in [-0.25, -0.2) is 14.3 Å². The molecule has 118 valence electrons. The molecular weight excluding hydrogens is 297 g/mol. The molecule has 0 saturated carbocycles. The summed E-state index contributed by atoms with van der Waals surface area (Å²) in [6, 6.07) is 13.7. The van der Waals surface area contributed by atoms with E-state index in [-0.39, 0.29) is 11.5 Å². The van der Waals surface area contributed by atoms with E-state index in [2.05, 4.69) is 10.2 Å². The zero-order valence-electron chi connectivity index (χ0n) is 12.6. The fraction of sp³-hybridized carbons (Fsp3) is 0.176. The van der Waals surface area contributed by atoms with Gasteiger partial charge in [-0.05, 0) is 35.4 Å². The number of nitrogens with one attached hydrogen (secondary N) is 1. The van der Waals surface area contributed by atoms with Gasteiger partial charge in [0.15, 0.2) is 0 Å². The van der Waals surface area contributed by atoms with E-state index in [1.807, 2.05) is 24.3 Å². The van der Waals surface area contributed by atoms with Crippen molar-refractivity contribution in [1.82, 2.24) is 14.8 Å². The highest BCUT2D eigenvalue weighted by Crippen LogP contribution is 2.14. The van der Waals surface area contributed by atoms with Crippen molar-refractivity contribution in [1.29, 1.82) is 0 Å². The number of rotatable bonds is 5. The van der Waals surface area contributed by atoms with E-state index in [9.17, 15) is 9.18 Å². The molecule has 0 radical (unpaired) electrons. The fourth-order valence-electron chi connectivity index (χ4n) is 2.35. The standard InChI is InChI=1S/C17H16FN3O2/c1-23-15-8-4-12(5-9-15)10-16-19-20-17(22)21(16)11-13-2-6-14(18)7-3-13/h2-9H,10-11H2,1H3,(H,20,22). The summed E-state index contributed by atoms with van der Waals surface area (Å²) < 4.78 is 19.7. The number of H-pyrrole nitrogens is 1. The first kappa shape index (κ1) is 15.0. The first-order valence-corrected chi connectivity index (χ1v) is 7.17. The summed E-state index contributed by atoms with van der Waals surface area (Å²) in [5, 5.41) is 6.56. The molecule has 0 bridgehead atoms. The maximum atomic E-state index is 13.0. The van der Waals surface area contributed by atoms with Crippen LogP contribution in [-0.4, -0.2) is 21.9 Å². The Hall–Kier alpha value is -2.89. The highest BCUT2D eigenvalue weighted by molar-refractivity contribution is 5.29. The van der Waals surface area contributed by atoms with Gasteiger partial charge in [0.05, 0.1) is 13.7 Å². The first-order valence-electron chi connectivity index (χ1n) is 7.17. The van der Waals surface area contributed by atoms with E-state index < -0.39 is 0 Å². The van der Waals surface area contributed by atoms with Gasteiger partial charge in [0.1, 0.15) is 17.4 Å². The number of nitrogens with zero attached hydrogens (tertiary/aromatic N) is 2. The van der Waals surface area contributed by atoms with Gasteiger partial charge in [0.2, 0.25) is 0 Å². The fourth-order valence-corrected chi connectivity index (χ4v) is 2.35. The van der Waals surface area contributed by atoms with Crippen molar-refractivity contribution >= 4 is 0 Å². The summed E-state index contributed by atoms with van der Waals surface area (Å²) in [5.41, 5.74) is 1.58. The number of halogens is 1. The van der Waals surface area contributed by atoms with Crippen molar-refractivity contribution < 1.29 is 9.13 Å². The Morgan fingerprint density at radius 1 is 1.09 bits per heavy atom. The summed E-state index contributed by atoms with van der Waals surface area (Å²) in [6.07, 6.45) is 0.518. The highest BCUT2D eigenvalue weighted by atomic mass is 19.1. The third-order valence-electron chi connectivity index (χ3n) is 3.61. The largest absolute Gasteiger partial charge is 0.497 e. The van der Waals surface area contributed by atoms with E-state index in [0.717, 1.165) is 16.9 Å². The zero-order chi connectivity index (χ0) is 16.2. The molecule has 0 atom stereocenters. The van der Waals surface area contributed by atoms with Crippen LogP contribution in [0.3, 0.4) is 0 Å². The summed E-state index contributed by atoms with van der Waals surface area (Å²) in [4.78, 5) is 12.0. The molecule has 23 heavy (non-hydrogen) atoms. The molecule has 0 aliphatic carbocycles. The second kappa shape index (κ2) is 6.48. The maximum Gasteiger partial charge on any atom is 0.343 e. The Morgan fingerprint density at radius 3 is 2.39 bits per heavy atom. The quantitative estimate of drug-likeness (QED) is 0.786. The molecule has 6 heteroatoms. The molecular formula is C17H16FN3O2. The van der Waals surface area contributed by atoms with E-state index in [1.54, 1.807) is 23.8 Å². The van der Waals surface area contributed by atoms with Crippen LogP contribution in [0.5, 0.6) is 5.75 Å². The second-order valence-electron chi connectivity index (χ2n) is 5.18. The van der Waals surface area contributed by atoms with Crippen LogP contribution in [0, 0.1) is 5.82 Å². The Morgan fingerprint density at radius 2 is 1.74 bits per heavy atom. The molecule has 1 N–H and O–H groups in total. The third-order valence-corrected chi connectivity index (χ3v) is 3.61. The molecule has 2 aromatic carbocycles. The summed E-state index contributed by atoms with van der Waals surface area (Å²) in [6.45, 7) is 0.348. The lowest BCUT2D eigenvalue weighted by molar-refractivity contribution is 0.414. The van der Waals surface area contributed by atoms with Crippen molar-refractivity contribution in [2.45, 2.75) is 13.0 Å². The van der Waals surface area contributed by atoms with Crippen molar-refractivity contribution in [3.05, 3.63) is 81.8 Å². The molecule has 3 rings (SSSR count). The second-order valence-corrected chi connectivity index (χ2v) is 5.18. The maximum absolute atomic E-state index is 13.0. The van der Waals surface area contributed by atoms with Gasteiger partial charge in [-0.15, -0.1) is 0 Å². The van der Waals surface area contributed by atoms with Gasteiger partial charge in [0.25, 0.3) is 0 Å². The topological polar surface area (TPSA) is 59.9 Å². The third kappa shape index (κ3) is 3.48. The SMILES string of the molecule is COc1ccc(Cc2n[nH]c(=O)n2Cc2ccc(F)cc2)cc1. The Kier molecular flexibility index (Phi) is 4.23. The van der Waals surface area contributed by atoms with Crippen LogP contribution in [0.15, 0.2) is 53.3 Å². The van der Waals surface area contributed by atoms with Gasteiger partial charge in [-0.1, -0.05) is 24.3 Å². The van der Waals surface area contributed by atoms with E-state index >= 15 is 0 Å². The van der Waals surface area contributed by atoms with Crippen LogP contribution in [0.25, 0.3) is 0 Å². The van der Waals surface area contributed by atoms with Gasteiger partial charge < -0.3 is 4.74 Å². The van der Waals surface area contributed by atoms with Crippen LogP contribution in [0.4, 0.5) is 4.39 Å². The van der Waals surface area contributed by atoms with Crippen LogP contribution in [-0.2, 0) is 13.0 Å². The van der Waals surface area contributed by atoms with Gasteiger partial charge in [0, 0.05) is 6.42 Å². The summed E-state index contributed by atoms with van der Waals surface area (Å²) in [7, 11) is 1.61.